The summed E-state index contributed by atoms with van der Waals surface area (Å²) in [6.45, 7) is 3.27. The van der Waals surface area contributed by atoms with E-state index < -0.39 is 55.4 Å². The molecule has 1 saturated heterocycles. The Morgan fingerprint density at radius 1 is 0.582 bits per heavy atom. The fraction of sp³-hybridized carbons (Fsp3) is 0.778. The van der Waals surface area contributed by atoms with Gasteiger partial charge >= 0.3 is 11.9 Å². The lowest BCUT2D eigenvalue weighted by Gasteiger charge is -2.39. The van der Waals surface area contributed by atoms with Crippen LogP contribution in [-0.4, -0.2) is 89.0 Å². The van der Waals surface area contributed by atoms with Gasteiger partial charge in [-0.25, -0.2) is 0 Å². The van der Waals surface area contributed by atoms with Crippen molar-refractivity contribution in [3.8, 4) is 0 Å². The zero-order chi connectivity index (χ0) is 40.2. The molecule has 10 nitrogen and oxygen atoms in total. The molecule has 55 heavy (non-hydrogen) atoms. The van der Waals surface area contributed by atoms with Crippen LogP contribution in [0.25, 0.3) is 0 Å². The molecule has 1 aliphatic heterocycles. The van der Waals surface area contributed by atoms with E-state index in [-0.39, 0.29) is 26.1 Å². The molecule has 1 heterocycles. The second-order valence-electron chi connectivity index (χ2n) is 14.8. The summed E-state index contributed by atoms with van der Waals surface area (Å²) in [4.78, 5) is 25.3. The Bertz CT molecular complexity index is 1040. The van der Waals surface area contributed by atoms with E-state index in [0.717, 1.165) is 89.9 Å². The van der Waals surface area contributed by atoms with Crippen LogP contribution in [0.15, 0.2) is 48.6 Å². The summed E-state index contributed by atoms with van der Waals surface area (Å²) in [7, 11) is 0. The monoisotopic (exact) mass is 779 g/mol. The lowest BCUT2D eigenvalue weighted by Crippen LogP contribution is -2.59. The van der Waals surface area contributed by atoms with E-state index in [0.29, 0.717) is 12.8 Å². The van der Waals surface area contributed by atoms with Crippen LogP contribution in [-0.2, 0) is 28.5 Å². The molecule has 1 rings (SSSR count). The second-order valence-corrected chi connectivity index (χ2v) is 14.8. The van der Waals surface area contributed by atoms with Gasteiger partial charge in [-0.3, -0.25) is 9.59 Å². The molecule has 6 atom stereocenters. The van der Waals surface area contributed by atoms with Crippen LogP contribution in [0.1, 0.15) is 168 Å². The van der Waals surface area contributed by atoms with Crippen molar-refractivity contribution in [2.75, 3.05) is 19.8 Å². The molecule has 0 aromatic rings. The molecule has 0 saturated carbocycles. The van der Waals surface area contributed by atoms with Crippen LogP contribution < -0.4 is 0 Å². The Morgan fingerprint density at radius 3 is 1.64 bits per heavy atom. The zero-order valence-electron chi connectivity index (χ0n) is 34.4. The first-order valence-electron chi connectivity index (χ1n) is 21.7. The summed E-state index contributed by atoms with van der Waals surface area (Å²) >= 11 is 0. The predicted octanol–water partition coefficient (Wildman–Crippen LogP) is 8.88. The van der Waals surface area contributed by atoms with Gasteiger partial charge in [-0.05, 0) is 70.6 Å². The lowest BCUT2D eigenvalue weighted by atomic mass is 9.99. The van der Waals surface area contributed by atoms with Gasteiger partial charge < -0.3 is 39.4 Å². The van der Waals surface area contributed by atoms with Crippen molar-refractivity contribution in [2.45, 2.75) is 205 Å². The van der Waals surface area contributed by atoms with Gasteiger partial charge in [0.1, 0.15) is 31.0 Å². The number of carbonyl (C=O) groups excluding carboxylic acids is 2. The molecule has 0 spiro atoms. The molecule has 1 aliphatic rings. The smallest absolute Gasteiger partial charge is 0.306 e. The van der Waals surface area contributed by atoms with Gasteiger partial charge in [0.2, 0.25) is 0 Å². The normalized spacial score (nSPS) is 21.0. The van der Waals surface area contributed by atoms with Gasteiger partial charge in [0.05, 0.1) is 13.2 Å². The van der Waals surface area contributed by atoms with Gasteiger partial charge in [-0.15, -0.1) is 0 Å². The first-order valence-corrected chi connectivity index (χ1v) is 21.7. The molecule has 0 amide bonds. The van der Waals surface area contributed by atoms with Crippen LogP contribution in [0.5, 0.6) is 0 Å². The van der Waals surface area contributed by atoms with E-state index in [9.17, 15) is 30.0 Å². The van der Waals surface area contributed by atoms with Crippen molar-refractivity contribution < 1.29 is 49.0 Å². The number of allylic oxidation sites excluding steroid dienone is 8. The largest absolute Gasteiger partial charge is 0.462 e. The molecule has 0 aromatic heterocycles. The molecule has 0 bridgehead atoms. The number of aliphatic hydroxyl groups excluding tert-OH is 4. The van der Waals surface area contributed by atoms with Gasteiger partial charge in [-0.2, -0.15) is 0 Å². The summed E-state index contributed by atoms with van der Waals surface area (Å²) in [6, 6.07) is 0. The van der Waals surface area contributed by atoms with Crippen molar-refractivity contribution in [3.05, 3.63) is 48.6 Å². The zero-order valence-corrected chi connectivity index (χ0v) is 34.4. The SMILES string of the molecule is CC/C=C\C/C=C\C/C=C\CCCCCCCC(=O)OC[C@@H](CO[C@@H]1O[C@H](CO)[C@H](O)[C@H](O)[C@H]1O)OC(=O)CCCCCCC/C=C\CCCCCCCC. The third-order valence-corrected chi connectivity index (χ3v) is 9.70. The molecule has 4 N–H and O–H groups in total. The lowest BCUT2D eigenvalue weighted by molar-refractivity contribution is -0.305. The Morgan fingerprint density at radius 2 is 1.07 bits per heavy atom. The summed E-state index contributed by atoms with van der Waals surface area (Å²) in [5.74, 6) is -0.838. The minimum Gasteiger partial charge on any atom is -0.462 e. The fourth-order valence-corrected chi connectivity index (χ4v) is 6.25. The quantitative estimate of drug-likeness (QED) is 0.0279. The minimum atomic E-state index is -1.60. The van der Waals surface area contributed by atoms with Crippen LogP contribution >= 0.6 is 0 Å². The van der Waals surface area contributed by atoms with E-state index in [4.69, 9.17) is 18.9 Å². The van der Waals surface area contributed by atoms with Gasteiger partial charge in [0.25, 0.3) is 0 Å². The number of hydrogen-bond donors (Lipinski definition) is 4. The van der Waals surface area contributed by atoms with Crippen molar-refractivity contribution in [3.63, 3.8) is 0 Å². The van der Waals surface area contributed by atoms with E-state index in [1.165, 1.54) is 38.5 Å². The van der Waals surface area contributed by atoms with E-state index in [1.54, 1.807) is 0 Å². The summed E-state index contributed by atoms with van der Waals surface area (Å²) in [5.41, 5.74) is 0. The third kappa shape index (κ3) is 27.8. The van der Waals surface area contributed by atoms with Gasteiger partial charge in [0, 0.05) is 12.8 Å². The molecule has 0 aromatic carbocycles. The molecule has 10 heteroatoms. The highest BCUT2D eigenvalue weighted by Crippen LogP contribution is 2.22. The van der Waals surface area contributed by atoms with E-state index in [1.807, 2.05) is 0 Å². The predicted molar refractivity (Wildman–Crippen MR) is 219 cm³/mol. The Hall–Kier alpha value is -2.34. The molecule has 0 aliphatic carbocycles. The molecular formula is C45H78O10. The molecule has 318 valence electrons. The summed E-state index contributed by atoms with van der Waals surface area (Å²) < 4.78 is 22.1. The highest BCUT2D eigenvalue weighted by Gasteiger charge is 2.44. The molecular weight excluding hydrogens is 700 g/mol. The van der Waals surface area contributed by atoms with Crippen molar-refractivity contribution >= 4 is 11.9 Å². The Balaban J connectivity index is 2.37. The maximum absolute atomic E-state index is 12.7. The number of rotatable bonds is 35. The van der Waals surface area contributed by atoms with Crippen molar-refractivity contribution in [2.24, 2.45) is 0 Å². The third-order valence-electron chi connectivity index (χ3n) is 9.70. The maximum Gasteiger partial charge on any atom is 0.306 e. The maximum atomic E-state index is 12.7. The highest BCUT2D eigenvalue weighted by atomic mass is 16.7. The highest BCUT2D eigenvalue weighted by molar-refractivity contribution is 5.70. The fourth-order valence-electron chi connectivity index (χ4n) is 6.25. The number of aliphatic hydroxyl groups is 4. The van der Waals surface area contributed by atoms with Crippen molar-refractivity contribution in [1.82, 2.24) is 0 Å². The van der Waals surface area contributed by atoms with Crippen LogP contribution in [0, 0.1) is 0 Å². The number of unbranched alkanes of at least 4 members (excludes halogenated alkanes) is 16. The van der Waals surface area contributed by atoms with Crippen molar-refractivity contribution in [1.29, 1.82) is 0 Å². The average molecular weight is 779 g/mol. The average Bonchev–Trinajstić information content (AvgIpc) is 3.18. The molecule has 0 radical (unpaired) electrons. The van der Waals surface area contributed by atoms with Crippen LogP contribution in [0.4, 0.5) is 0 Å². The Kier molecular flexibility index (Phi) is 33.2. The van der Waals surface area contributed by atoms with E-state index >= 15 is 0 Å². The summed E-state index contributed by atoms with van der Waals surface area (Å²) in [6.07, 6.45) is 34.0. The molecule has 1 fully saturated rings. The van der Waals surface area contributed by atoms with Gasteiger partial charge in [0.15, 0.2) is 12.4 Å². The Labute approximate surface area is 333 Å². The number of carbonyl (C=O) groups is 2. The van der Waals surface area contributed by atoms with Gasteiger partial charge in [-0.1, -0.05) is 133 Å². The first kappa shape index (κ1) is 50.7. The minimum absolute atomic E-state index is 0.215. The molecule has 0 unspecified atom stereocenters. The number of ether oxygens (including phenoxy) is 4. The summed E-state index contributed by atoms with van der Waals surface area (Å²) in [5, 5.41) is 40.0. The van der Waals surface area contributed by atoms with Crippen LogP contribution in [0.3, 0.4) is 0 Å². The number of hydrogen-bond acceptors (Lipinski definition) is 10. The van der Waals surface area contributed by atoms with E-state index in [2.05, 4.69) is 62.5 Å². The standard InChI is InChI=1S/C45H78O10/c1-3-5-7-9-11-13-15-17-19-21-23-25-27-29-31-33-40(47)52-36-38(37-53-45-44(51)43(50)42(49)39(35-46)55-45)54-41(48)34-32-30-28-26-24-22-20-18-16-14-12-10-8-6-4-2/h5,7,11,13,17-20,38-39,42-46,49-51H,3-4,6,8-10,12,14-16,21-37H2,1-2H3/b7-5-,13-11-,19-17-,20-18-/t38-,39+,42-,43-,44+,45+/m0/s1. The number of esters is 2. The van der Waals surface area contributed by atoms with Crippen LogP contribution in [0.2, 0.25) is 0 Å². The second kappa shape index (κ2) is 36.0. The first-order chi connectivity index (χ1) is 26.8. The topological polar surface area (TPSA) is 152 Å².